The summed E-state index contributed by atoms with van der Waals surface area (Å²) in [6.45, 7) is 5.54. The van der Waals surface area contributed by atoms with E-state index in [4.69, 9.17) is 17.3 Å². The summed E-state index contributed by atoms with van der Waals surface area (Å²) in [5.74, 6) is 0. The van der Waals surface area contributed by atoms with Gasteiger partial charge in [-0.3, -0.25) is 4.98 Å². The molecule has 1 aromatic heterocycles. The number of aliphatic hydroxyl groups is 1. The van der Waals surface area contributed by atoms with Crippen molar-refractivity contribution in [3.05, 3.63) is 58.9 Å². The first-order chi connectivity index (χ1) is 9.02. The molecule has 2 aromatic rings. The molecule has 4 heteroatoms. The third kappa shape index (κ3) is 2.78. The molecule has 0 spiro atoms. The lowest BCUT2D eigenvalue weighted by molar-refractivity contribution is 0.276. The number of aryl methyl sites for hydroxylation is 1. The zero-order chi connectivity index (χ0) is 14.0. The molecule has 98 valence electrons. The van der Waals surface area contributed by atoms with Crippen LogP contribution in [0.1, 0.15) is 17.0 Å². The van der Waals surface area contributed by atoms with Gasteiger partial charge in [0.2, 0.25) is 0 Å². The third-order valence-electron chi connectivity index (χ3n) is 2.89. The third-order valence-corrected chi connectivity index (χ3v) is 3.14. The molecule has 3 N–H and O–H groups in total. The second kappa shape index (κ2) is 5.43. The van der Waals surface area contributed by atoms with E-state index in [1.807, 2.05) is 37.3 Å². The van der Waals surface area contributed by atoms with Gasteiger partial charge in [0.15, 0.2) is 0 Å². The van der Waals surface area contributed by atoms with E-state index in [0.29, 0.717) is 16.4 Å². The van der Waals surface area contributed by atoms with Crippen LogP contribution < -0.4 is 5.73 Å². The second-order valence-corrected chi connectivity index (χ2v) is 4.75. The Morgan fingerprint density at radius 1 is 1.37 bits per heavy atom. The lowest BCUT2D eigenvalue weighted by Gasteiger charge is -2.14. The van der Waals surface area contributed by atoms with Crippen LogP contribution in [0, 0.1) is 6.92 Å². The fourth-order valence-corrected chi connectivity index (χ4v) is 2.21. The van der Waals surface area contributed by atoms with Crippen molar-refractivity contribution in [3.63, 3.8) is 0 Å². The van der Waals surface area contributed by atoms with Crippen LogP contribution in [0.25, 0.3) is 16.8 Å². The van der Waals surface area contributed by atoms with Crippen LogP contribution in [0.3, 0.4) is 0 Å². The zero-order valence-electron chi connectivity index (χ0n) is 10.7. The molecule has 0 radical (unpaired) electrons. The van der Waals surface area contributed by atoms with E-state index in [1.165, 1.54) is 0 Å². The summed E-state index contributed by atoms with van der Waals surface area (Å²) in [7, 11) is 0. The van der Waals surface area contributed by atoms with Gasteiger partial charge in [0, 0.05) is 22.0 Å². The highest BCUT2D eigenvalue weighted by Crippen LogP contribution is 2.30. The van der Waals surface area contributed by atoms with Gasteiger partial charge in [0.05, 0.1) is 12.3 Å². The van der Waals surface area contributed by atoms with Gasteiger partial charge in [-0.25, -0.2) is 0 Å². The lowest BCUT2D eigenvalue weighted by atomic mass is 9.96. The maximum Gasteiger partial charge on any atom is 0.0853 e. The summed E-state index contributed by atoms with van der Waals surface area (Å²) < 4.78 is 0. The normalized spacial score (nSPS) is 10.5. The molecule has 2 rings (SSSR count). The number of aliphatic hydroxyl groups excluding tert-OH is 1. The molecular weight excluding hydrogens is 260 g/mol. The molecule has 0 fully saturated rings. The Bertz CT molecular complexity index is 621. The standard InChI is InChI=1S/C15H15ClN2O/c1-9(17)15-10(2)18-13(8-19)7-14(15)11-3-5-12(16)6-4-11/h3-7,19H,1,8,17H2,2H3. The van der Waals surface area contributed by atoms with Gasteiger partial charge in [0.1, 0.15) is 0 Å². The van der Waals surface area contributed by atoms with Crippen LogP contribution >= 0.6 is 11.6 Å². The minimum atomic E-state index is -0.112. The number of nitrogens with two attached hydrogens (primary N) is 1. The van der Waals surface area contributed by atoms with Crippen molar-refractivity contribution < 1.29 is 5.11 Å². The lowest BCUT2D eigenvalue weighted by Crippen LogP contribution is -2.04. The van der Waals surface area contributed by atoms with Crippen molar-refractivity contribution >= 4 is 17.3 Å². The average molecular weight is 275 g/mol. The van der Waals surface area contributed by atoms with Crippen LogP contribution in [0.5, 0.6) is 0 Å². The monoisotopic (exact) mass is 274 g/mol. The van der Waals surface area contributed by atoms with Crippen LogP contribution in [-0.2, 0) is 6.61 Å². The van der Waals surface area contributed by atoms with Crippen molar-refractivity contribution in [2.24, 2.45) is 5.73 Å². The van der Waals surface area contributed by atoms with Crippen molar-refractivity contribution in [2.45, 2.75) is 13.5 Å². The van der Waals surface area contributed by atoms with E-state index in [1.54, 1.807) is 0 Å². The first kappa shape index (κ1) is 13.6. The molecular formula is C15H15ClN2O. The molecule has 0 bridgehead atoms. The highest BCUT2D eigenvalue weighted by Gasteiger charge is 2.12. The fourth-order valence-electron chi connectivity index (χ4n) is 2.08. The molecule has 0 aliphatic heterocycles. The van der Waals surface area contributed by atoms with Gasteiger partial charge in [-0.05, 0) is 36.2 Å². The number of hydrogen-bond donors (Lipinski definition) is 2. The smallest absolute Gasteiger partial charge is 0.0853 e. The first-order valence-corrected chi connectivity index (χ1v) is 6.22. The minimum Gasteiger partial charge on any atom is -0.399 e. The Labute approximate surface area is 117 Å². The maximum absolute atomic E-state index is 9.27. The molecule has 0 saturated heterocycles. The Hall–Kier alpha value is -1.84. The number of nitrogens with zero attached hydrogens (tertiary/aromatic N) is 1. The first-order valence-electron chi connectivity index (χ1n) is 5.85. The van der Waals surface area contributed by atoms with Crippen LogP contribution in [0.2, 0.25) is 5.02 Å². The van der Waals surface area contributed by atoms with Crippen molar-refractivity contribution in [2.75, 3.05) is 0 Å². The summed E-state index contributed by atoms with van der Waals surface area (Å²) in [5.41, 5.74) is 10.3. The predicted octanol–water partition coefficient (Wildman–Crippen LogP) is 3.13. The summed E-state index contributed by atoms with van der Waals surface area (Å²) in [4.78, 5) is 4.30. The average Bonchev–Trinajstić information content (AvgIpc) is 2.38. The van der Waals surface area contributed by atoms with Crippen LogP contribution in [0.4, 0.5) is 0 Å². The van der Waals surface area contributed by atoms with Crippen LogP contribution in [0.15, 0.2) is 36.9 Å². The SMILES string of the molecule is C=C(N)c1c(-c2ccc(Cl)cc2)cc(CO)nc1C. The molecule has 0 atom stereocenters. The molecule has 0 amide bonds. The van der Waals surface area contributed by atoms with E-state index < -0.39 is 0 Å². The van der Waals surface area contributed by atoms with Gasteiger partial charge in [-0.15, -0.1) is 0 Å². The Balaban J connectivity index is 2.68. The summed E-state index contributed by atoms with van der Waals surface area (Å²) in [6, 6.07) is 9.27. The Morgan fingerprint density at radius 2 is 2.00 bits per heavy atom. The van der Waals surface area contributed by atoms with Crippen molar-refractivity contribution in [1.82, 2.24) is 4.98 Å². The van der Waals surface area contributed by atoms with Gasteiger partial charge in [0.25, 0.3) is 0 Å². The van der Waals surface area contributed by atoms with E-state index in [0.717, 1.165) is 22.4 Å². The number of halogens is 1. The van der Waals surface area contributed by atoms with Crippen molar-refractivity contribution in [1.29, 1.82) is 0 Å². The molecule has 0 saturated carbocycles. The van der Waals surface area contributed by atoms with Gasteiger partial charge in [-0.2, -0.15) is 0 Å². The second-order valence-electron chi connectivity index (χ2n) is 4.31. The number of aromatic nitrogens is 1. The molecule has 3 nitrogen and oxygen atoms in total. The minimum absolute atomic E-state index is 0.112. The van der Waals surface area contributed by atoms with Crippen molar-refractivity contribution in [3.8, 4) is 11.1 Å². The number of rotatable bonds is 3. The largest absolute Gasteiger partial charge is 0.399 e. The number of pyridine rings is 1. The van der Waals surface area contributed by atoms with Crippen LogP contribution in [-0.4, -0.2) is 10.1 Å². The molecule has 19 heavy (non-hydrogen) atoms. The van der Waals surface area contributed by atoms with E-state index >= 15 is 0 Å². The summed E-state index contributed by atoms with van der Waals surface area (Å²) in [5, 5.41) is 9.94. The van der Waals surface area contributed by atoms with E-state index in [9.17, 15) is 5.11 Å². The maximum atomic E-state index is 9.27. The highest BCUT2D eigenvalue weighted by molar-refractivity contribution is 6.30. The molecule has 1 heterocycles. The zero-order valence-corrected chi connectivity index (χ0v) is 11.4. The van der Waals surface area contributed by atoms with Gasteiger partial charge >= 0.3 is 0 Å². The van der Waals surface area contributed by atoms with E-state index in [-0.39, 0.29) is 6.61 Å². The Kier molecular flexibility index (Phi) is 3.88. The van der Waals surface area contributed by atoms with Gasteiger partial charge < -0.3 is 10.8 Å². The van der Waals surface area contributed by atoms with E-state index in [2.05, 4.69) is 11.6 Å². The molecule has 0 aliphatic carbocycles. The quantitative estimate of drug-likeness (QED) is 0.904. The topological polar surface area (TPSA) is 59.1 Å². The fraction of sp³-hybridized carbons (Fsp3) is 0.133. The summed E-state index contributed by atoms with van der Waals surface area (Å²) >= 11 is 5.90. The molecule has 0 aliphatic rings. The molecule has 0 unspecified atom stereocenters. The molecule has 1 aromatic carbocycles. The van der Waals surface area contributed by atoms with Gasteiger partial charge in [-0.1, -0.05) is 30.3 Å². The Morgan fingerprint density at radius 3 is 2.53 bits per heavy atom. The highest BCUT2D eigenvalue weighted by atomic mass is 35.5. The number of hydrogen-bond acceptors (Lipinski definition) is 3. The number of benzene rings is 1. The predicted molar refractivity (Wildman–Crippen MR) is 78.6 cm³/mol. The summed E-state index contributed by atoms with van der Waals surface area (Å²) in [6.07, 6.45) is 0.